The Bertz CT molecular complexity index is 3200. The Balaban J connectivity index is 0.857. The number of benzene rings is 2. The van der Waals surface area contributed by atoms with Crippen molar-refractivity contribution in [3.05, 3.63) is 119 Å². The zero-order chi connectivity index (χ0) is 54.2. The summed E-state index contributed by atoms with van der Waals surface area (Å²) in [6, 6.07) is 21.3. The number of carbonyl (C=O) groups is 1. The molecule has 2 aliphatic heterocycles. The van der Waals surface area contributed by atoms with Crippen LogP contribution in [-0.4, -0.2) is 121 Å². The first-order valence-electron chi connectivity index (χ1n) is 26.8. The van der Waals surface area contributed by atoms with Gasteiger partial charge in [0, 0.05) is 100 Å². The molecule has 0 radical (unpaired) electrons. The summed E-state index contributed by atoms with van der Waals surface area (Å²) in [5.41, 5.74) is 4.38. The Morgan fingerprint density at radius 1 is 0.974 bits per heavy atom. The van der Waals surface area contributed by atoms with Gasteiger partial charge >= 0.3 is 0 Å². The average Bonchev–Trinajstić information content (AvgIpc) is 3.82. The van der Waals surface area contributed by atoms with E-state index in [-0.39, 0.29) is 67.8 Å². The number of halogens is 1. The van der Waals surface area contributed by atoms with Crippen LogP contribution in [0.4, 0.5) is 21.6 Å². The van der Waals surface area contributed by atoms with Crippen molar-refractivity contribution in [1.82, 2.24) is 34.5 Å². The lowest BCUT2D eigenvalue weighted by Gasteiger charge is -2.58. The summed E-state index contributed by atoms with van der Waals surface area (Å²) in [5.74, 6) is -0.0640. The van der Waals surface area contributed by atoms with E-state index in [1.54, 1.807) is 19.2 Å². The van der Waals surface area contributed by atoms with E-state index in [9.17, 15) is 27.9 Å². The molecule has 1 unspecified atom stereocenters. The van der Waals surface area contributed by atoms with Gasteiger partial charge in [-0.1, -0.05) is 38.1 Å². The minimum absolute atomic E-state index is 0.00385. The minimum Gasteiger partial charge on any atom is -0.629 e. The largest absolute Gasteiger partial charge is 0.629 e. The molecule has 4 fully saturated rings. The molecular formula is C57H71FN10O8S. The molecule has 2 atom stereocenters. The van der Waals surface area contributed by atoms with Crippen molar-refractivity contribution in [2.75, 3.05) is 70.8 Å². The quantitative estimate of drug-likeness (QED) is 0.0550. The summed E-state index contributed by atoms with van der Waals surface area (Å²) in [7, 11) is -0.231. The van der Waals surface area contributed by atoms with Crippen molar-refractivity contribution in [2.45, 2.75) is 107 Å². The number of carbonyl (C=O) groups excluding carboxylic acids is 1. The number of nitrogens with zero attached hydrogens (tertiary/aromatic N) is 6. The molecule has 4 aliphatic rings. The topological polar surface area (TPSA) is 215 Å². The molecule has 5 N–H and O–H groups in total. The number of amides is 1. The van der Waals surface area contributed by atoms with Crippen LogP contribution in [0.15, 0.2) is 90.2 Å². The van der Waals surface area contributed by atoms with Crippen LogP contribution in [0.2, 0.25) is 0 Å². The number of ether oxygens (including phenoxy) is 3. The zero-order valence-electron chi connectivity index (χ0n) is 44.8. The number of piperazine rings is 1. The first kappa shape index (κ1) is 54.0. The van der Waals surface area contributed by atoms with Gasteiger partial charge in [0.15, 0.2) is 17.3 Å². The Labute approximate surface area is 450 Å². The lowest BCUT2D eigenvalue weighted by molar-refractivity contribution is -0.751. The normalized spacial score (nSPS) is 21.7. The van der Waals surface area contributed by atoms with E-state index >= 15 is 0 Å². The average molecular weight is 1080 g/mol. The van der Waals surface area contributed by atoms with Crippen LogP contribution in [0, 0.1) is 22.4 Å². The number of aliphatic hydroxyl groups is 1. The molecule has 410 valence electrons. The number of rotatable bonds is 17. The number of aromatic amines is 1. The monoisotopic (exact) mass is 1070 g/mol. The molecule has 2 saturated carbocycles. The number of nitrogens with one attached hydrogen (secondary N) is 4. The first-order chi connectivity index (χ1) is 36.9. The summed E-state index contributed by atoms with van der Waals surface area (Å²) in [4.78, 5) is 37.3. The summed E-state index contributed by atoms with van der Waals surface area (Å²) >= 11 is 0. The van der Waals surface area contributed by atoms with E-state index in [0.29, 0.717) is 37.2 Å². The molecule has 1 spiro atoms. The van der Waals surface area contributed by atoms with Crippen molar-refractivity contribution < 1.29 is 42.0 Å². The number of anilines is 2. The van der Waals surface area contributed by atoms with E-state index in [1.165, 1.54) is 55.2 Å². The van der Waals surface area contributed by atoms with Gasteiger partial charge in [0.1, 0.15) is 22.1 Å². The van der Waals surface area contributed by atoms with E-state index in [4.69, 9.17) is 14.2 Å². The molecule has 4 aromatic heterocycles. The molecule has 1 amide bonds. The third-order valence-corrected chi connectivity index (χ3v) is 17.9. The van der Waals surface area contributed by atoms with Crippen LogP contribution in [0.25, 0.3) is 11.0 Å². The molecule has 2 saturated heterocycles. The highest BCUT2D eigenvalue weighted by Crippen LogP contribution is 2.53. The number of fused-ring (bicyclic) bond motifs is 1. The van der Waals surface area contributed by atoms with Crippen molar-refractivity contribution in [3.8, 4) is 23.3 Å². The summed E-state index contributed by atoms with van der Waals surface area (Å²) in [6.45, 7) is 12.0. The van der Waals surface area contributed by atoms with Crippen LogP contribution in [-0.2, 0) is 16.6 Å². The number of aromatic nitrogens is 4. The van der Waals surface area contributed by atoms with Gasteiger partial charge in [-0.3, -0.25) is 14.6 Å². The van der Waals surface area contributed by atoms with Gasteiger partial charge in [-0.15, -0.1) is 0 Å². The Morgan fingerprint density at radius 3 is 2.47 bits per heavy atom. The van der Waals surface area contributed by atoms with E-state index in [1.807, 2.05) is 19.2 Å². The van der Waals surface area contributed by atoms with Crippen LogP contribution < -0.4 is 34.2 Å². The van der Waals surface area contributed by atoms with Gasteiger partial charge in [0.2, 0.25) is 5.88 Å². The van der Waals surface area contributed by atoms with Gasteiger partial charge in [-0.2, -0.15) is 4.98 Å². The number of H-pyrrole nitrogens is 1. The summed E-state index contributed by atoms with van der Waals surface area (Å²) in [6.07, 6.45) is 11.1. The minimum atomic E-state index is -4.59. The number of hydrogen-bond donors (Lipinski definition) is 5. The van der Waals surface area contributed by atoms with Gasteiger partial charge < -0.3 is 44.8 Å². The molecule has 10 rings (SSSR count). The molecule has 0 bridgehead atoms. The molecular weight excluding hydrogens is 1000 g/mol. The van der Waals surface area contributed by atoms with Crippen molar-refractivity contribution >= 4 is 44.2 Å². The highest BCUT2D eigenvalue weighted by Gasteiger charge is 2.50. The second kappa shape index (κ2) is 22.1. The third-order valence-electron chi connectivity index (χ3n) is 16.6. The predicted molar refractivity (Wildman–Crippen MR) is 292 cm³/mol. The maximum absolute atomic E-state index is 14.9. The number of piperidine rings is 1. The number of sulfonamides is 1. The van der Waals surface area contributed by atoms with Crippen molar-refractivity contribution in [2.24, 2.45) is 11.3 Å². The molecule has 20 heteroatoms. The standard InChI is InChI=1S/C57H71FN10O8S/c1-36(2)42-9-7-8-10-43(42)48-35-66(34-38-15-20-59-51(25-38)74-5)23-24-68(48)40-29-57(30-40)18-21-67(22-19-57)39-11-12-44(49(26-39)76-50-28-45-46(58)33-62-52(45)63-55(50)75-6)54(69)64-77(72,73)41-27-47(65(4)71)53(61-32-41)60-31-37-13-16-56(3,70)17-14-37/h7-12,15,20,25-28,32-33,36-37,40,48,65,70H,13-14,16-19,21-24,29-31,34-35H2,1-6H3,(H,60,61)(H,62,63)(H,64,69)/t37?,48-,56?/m0/s1. The number of pyridine rings is 3. The Morgan fingerprint density at radius 2 is 1.74 bits per heavy atom. The fourth-order valence-electron chi connectivity index (χ4n) is 12.1. The van der Waals surface area contributed by atoms with Gasteiger partial charge in [-0.05, 0) is 110 Å². The molecule has 77 heavy (non-hydrogen) atoms. The predicted octanol–water partition coefficient (Wildman–Crippen LogP) is 7.85. The van der Waals surface area contributed by atoms with E-state index in [0.717, 1.165) is 89.7 Å². The van der Waals surface area contributed by atoms with Crippen LogP contribution in [0.5, 0.6) is 23.3 Å². The van der Waals surface area contributed by atoms with Crippen LogP contribution in [0.1, 0.15) is 111 Å². The van der Waals surface area contributed by atoms with Crippen molar-refractivity contribution in [1.29, 1.82) is 0 Å². The highest BCUT2D eigenvalue weighted by molar-refractivity contribution is 7.90. The molecule has 6 aromatic rings. The fraction of sp³-hybridized carbons (Fsp3) is 0.474. The van der Waals surface area contributed by atoms with Gasteiger partial charge in [-0.25, -0.2) is 27.5 Å². The highest BCUT2D eigenvalue weighted by atomic mass is 32.2. The smallest absolute Gasteiger partial charge is 0.268 e. The second-order valence-corrected chi connectivity index (χ2v) is 23.9. The summed E-state index contributed by atoms with van der Waals surface area (Å²) < 4.78 is 62.5. The second-order valence-electron chi connectivity index (χ2n) is 22.2. The number of quaternary nitrogens is 1. The third kappa shape index (κ3) is 11.7. The lowest BCUT2D eigenvalue weighted by Crippen LogP contribution is -2.98. The maximum Gasteiger partial charge on any atom is 0.268 e. The molecule has 2 aromatic carbocycles. The Kier molecular flexibility index (Phi) is 15.5. The fourth-order valence-corrected chi connectivity index (χ4v) is 13.0. The number of hydrogen-bond acceptors (Lipinski definition) is 15. The first-order valence-corrected chi connectivity index (χ1v) is 28.3. The van der Waals surface area contributed by atoms with Crippen LogP contribution >= 0.6 is 0 Å². The summed E-state index contributed by atoms with van der Waals surface area (Å²) in [5, 5.41) is 26.2. The molecule has 6 heterocycles. The van der Waals surface area contributed by atoms with E-state index < -0.39 is 32.4 Å². The van der Waals surface area contributed by atoms with Gasteiger partial charge in [0.25, 0.3) is 21.8 Å². The molecule has 18 nitrogen and oxygen atoms in total. The Hall–Kier alpha value is -6.42. The zero-order valence-corrected chi connectivity index (χ0v) is 45.6. The van der Waals surface area contributed by atoms with Crippen LogP contribution in [0.3, 0.4) is 0 Å². The number of methoxy groups -OCH3 is 2. The van der Waals surface area contributed by atoms with Crippen molar-refractivity contribution in [3.63, 3.8) is 0 Å². The SMILES string of the molecule is COc1cc(CN2CCN(C3CC4(CCN(c5ccc(C(=O)NS(=O)(=O)c6cnc(NCC7CCC(C)(O)CC7)c([NH+](C)[O-])c6)c(Oc6cc7c(F)c[nH]c7nc6OC)c5)CC4)C3)[C@H](c3ccccc3C(C)C)C2)ccn1. The lowest BCUT2D eigenvalue weighted by atomic mass is 9.59. The maximum atomic E-state index is 14.9. The molecule has 2 aliphatic carbocycles. The van der Waals surface area contributed by atoms with E-state index in [2.05, 4.69) is 88.9 Å². The van der Waals surface area contributed by atoms with Gasteiger partial charge in [0.05, 0.1) is 44.0 Å². The number of hydroxylamine groups is 1.